The number of hydrogen-bond acceptors (Lipinski definition) is 5. The fraction of sp³-hybridized carbons (Fsp3) is 0.250. The average Bonchev–Trinajstić information content (AvgIpc) is 2.90. The average molecular weight is 544 g/mol. The summed E-state index contributed by atoms with van der Waals surface area (Å²) in [5.74, 6) is -4.03. The highest BCUT2D eigenvalue weighted by Crippen LogP contribution is 2.28. The Morgan fingerprint density at radius 2 is 1.36 bits per heavy atom. The molecule has 0 saturated carbocycles. The molecule has 1 heterocycles. The van der Waals surface area contributed by atoms with E-state index in [0.29, 0.717) is 16.9 Å². The molecular weight excluding hydrogens is 515 g/mol. The summed E-state index contributed by atoms with van der Waals surface area (Å²) in [6, 6.07) is 20.4. The zero-order valence-electron chi connectivity index (χ0n) is 21.3. The minimum absolute atomic E-state index is 0.191. The number of benzene rings is 3. The first-order valence-electron chi connectivity index (χ1n) is 12.0. The summed E-state index contributed by atoms with van der Waals surface area (Å²) in [6.07, 6.45) is -5.08. The van der Waals surface area contributed by atoms with Crippen molar-refractivity contribution in [2.45, 2.75) is 20.0 Å². The standard InChI is InChI=1S/C26H27N3O3.C2HF3O2/c1-18-8-9-19(2)24(16-18)29-14-12-28(13-15-29)23-11-10-21(17-22(23)26(31)32)27-25(30)20-6-4-3-5-7-20;3-2(4,5)1(6)7/h3-11,16-17H,12-15H2,1-2H3,(H,27,30)(H,31,32);(H,6,7). The van der Waals surface area contributed by atoms with Gasteiger partial charge in [0.05, 0.1) is 11.3 Å². The number of aryl methyl sites for hydroxylation is 2. The molecule has 3 aromatic rings. The molecule has 0 atom stereocenters. The number of carboxylic acids is 2. The van der Waals surface area contributed by atoms with Crippen molar-refractivity contribution in [2.75, 3.05) is 41.3 Å². The van der Waals surface area contributed by atoms with Gasteiger partial charge in [0.25, 0.3) is 5.91 Å². The number of nitrogens with zero attached hydrogens (tertiary/aromatic N) is 2. The minimum Gasteiger partial charge on any atom is -0.478 e. The molecule has 206 valence electrons. The lowest BCUT2D eigenvalue weighted by atomic mass is 10.1. The van der Waals surface area contributed by atoms with Crippen LogP contribution in [0.15, 0.2) is 66.7 Å². The van der Waals surface area contributed by atoms with E-state index in [1.165, 1.54) is 22.9 Å². The number of amides is 1. The molecule has 4 rings (SSSR count). The zero-order valence-corrected chi connectivity index (χ0v) is 21.3. The maximum Gasteiger partial charge on any atom is 0.490 e. The topological polar surface area (TPSA) is 110 Å². The summed E-state index contributed by atoms with van der Waals surface area (Å²) < 4.78 is 31.7. The van der Waals surface area contributed by atoms with Crippen molar-refractivity contribution in [1.29, 1.82) is 0 Å². The van der Waals surface area contributed by atoms with Crippen LogP contribution in [0.4, 0.5) is 30.2 Å². The highest BCUT2D eigenvalue weighted by atomic mass is 19.4. The molecule has 3 N–H and O–H groups in total. The van der Waals surface area contributed by atoms with Gasteiger partial charge in [-0.15, -0.1) is 0 Å². The second kappa shape index (κ2) is 12.3. The van der Waals surface area contributed by atoms with E-state index in [1.807, 2.05) is 6.07 Å². The summed E-state index contributed by atoms with van der Waals surface area (Å²) >= 11 is 0. The van der Waals surface area contributed by atoms with Crippen molar-refractivity contribution in [3.05, 3.63) is 89.0 Å². The zero-order chi connectivity index (χ0) is 28.7. The molecular formula is C28H28F3N3O5. The molecule has 0 spiro atoms. The van der Waals surface area contributed by atoms with E-state index >= 15 is 0 Å². The number of hydrogen-bond donors (Lipinski definition) is 3. The third kappa shape index (κ3) is 7.73. The number of rotatable bonds is 5. The van der Waals surface area contributed by atoms with Crippen LogP contribution in [-0.4, -0.2) is 60.4 Å². The molecule has 0 bridgehead atoms. The number of carbonyl (C=O) groups is 3. The molecule has 39 heavy (non-hydrogen) atoms. The molecule has 0 aliphatic carbocycles. The van der Waals surface area contributed by atoms with Crippen LogP contribution in [0, 0.1) is 13.8 Å². The first-order valence-corrected chi connectivity index (χ1v) is 12.0. The number of halogens is 3. The summed E-state index contributed by atoms with van der Waals surface area (Å²) in [6.45, 7) is 7.29. The molecule has 11 heteroatoms. The van der Waals surface area contributed by atoms with E-state index in [1.54, 1.807) is 36.4 Å². The first-order chi connectivity index (χ1) is 18.4. The smallest absolute Gasteiger partial charge is 0.478 e. The van der Waals surface area contributed by atoms with E-state index in [0.717, 1.165) is 26.2 Å². The first kappa shape index (κ1) is 29.0. The van der Waals surface area contributed by atoms with Crippen molar-refractivity contribution in [3.63, 3.8) is 0 Å². The van der Waals surface area contributed by atoms with Crippen LogP contribution in [-0.2, 0) is 4.79 Å². The number of nitrogens with one attached hydrogen (secondary N) is 1. The Bertz CT molecular complexity index is 1340. The van der Waals surface area contributed by atoms with E-state index < -0.39 is 18.1 Å². The van der Waals surface area contributed by atoms with E-state index in [-0.39, 0.29) is 11.5 Å². The maximum absolute atomic E-state index is 12.4. The van der Waals surface area contributed by atoms with Gasteiger partial charge in [-0.25, -0.2) is 9.59 Å². The molecule has 1 fully saturated rings. The molecule has 1 aliphatic heterocycles. The van der Waals surface area contributed by atoms with Gasteiger partial charge in [0, 0.05) is 43.1 Å². The summed E-state index contributed by atoms with van der Waals surface area (Å²) in [5.41, 5.74) is 5.57. The quantitative estimate of drug-likeness (QED) is 0.405. The molecule has 1 aliphatic rings. The van der Waals surface area contributed by atoms with Crippen LogP contribution in [0.3, 0.4) is 0 Å². The Morgan fingerprint density at radius 1 is 0.795 bits per heavy atom. The molecule has 0 unspecified atom stereocenters. The van der Waals surface area contributed by atoms with Crippen molar-refractivity contribution in [2.24, 2.45) is 0 Å². The normalized spacial score (nSPS) is 13.3. The van der Waals surface area contributed by atoms with Gasteiger partial charge in [-0.3, -0.25) is 4.79 Å². The van der Waals surface area contributed by atoms with Crippen LogP contribution in [0.25, 0.3) is 0 Å². The summed E-state index contributed by atoms with van der Waals surface area (Å²) in [7, 11) is 0. The second-order valence-electron chi connectivity index (χ2n) is 8.92. The van der Waals surface area contributed by atoms with Crippen LogP contribution in [0.1, 0.15) is 31.8 Å². The number of piperazine rings is 1. The van der Waals surface area contributed by atoms with Gasteiger partial charge in [-0.2, -0.15) is 13.2 Å². The Morgan fingerprint density at radius 3 is 1.90 bits per heavy atom. The number of aliphatic carboxylic acids is 1. The Hall–Kier alpha value is -4.54. The van der Waals surface area contributed by atoms with Crippen LogP contribution in [0.5, 0.6) is 0 Å². The van der Waals surface area contributed by atoms with Crippen molar-refractivity contribution >= 4 is 34.9 Å². The third-order valence-electron chi connectivity index (χ3n) is 6.09. The number of anilines is 3. The van der Waals surface area contributed by atoms with E-state index in [4.69, 9.17) is 9.90 Å². The molecule has 3 aromatic carbocycles. The molecule has 1 amide bonds. The fourth-order valence-corrected chi connectivity index (χ4v) is 4.10. The van der Waals surface area contributed by atoms with Crippen LogP contribution in [0.2, 0.25) is 0 Å². The second-order valence-corrected chi connectivity index (χ2v) is 8.92. The van der Waals surface area contributed by atoms with Crippen molar-refractivity contribution in [1.82, 2.24) is 0 Å². The molecule has 1 saturated heterocycles. The highest BCUT2D eigenvalue weighted by Gasteiger charge is 2.38. The summed E-state index contributed by atoms with van der Waals surface area (Å²) in [4.78, 5) is 37.8. The highest BCUT2D eigenvalue weighted by molar-refractivity contribution is 6.05. The van der Waals surface area contributed by atoms with Crippen LogP contribution >= 0.6 is 0 Å². The molecule has 8 nitrogen and oxygen atoms in total. The van der Waals surface area contributed by atoms with E-state index in [2.05, 4.69) is 47.2 Å². The molecule has 0 aromatic heterocycles. The number of aromatic carboxylic acids is 1. The van der Waals surface area contributed by atoms with Gasteiger partial charge >= 0.3 is 18.1 Å². The van der Waals surface area contributed by atoms with Crippen molar-refractivity contribution in [3.8, 4) is 0 Å². The van der Waals surface area contributed by atoms with Gasteiger partial charge in [0.1, 0.15) is 0 Å². The van der Waals surface area contributed by atoms with Crippen molar-refractivity contribution < 1.29 is 37.8 Å². The monoisotopic (exact) mass is 543 g/mol. The van der Waals surface area contributed by atoms with Gasteiger partial charge in [0.2, 0.25) is 0 Å². The lowest BCUT2D eigenvalue weighted by Crippen LogP contribution is -2.47. The molecule has 0 radical (unpaired) electrons. The predicted octanol–water partition coefficient (Wildman–Crippen LogP) is 5.21. The Balaban J connectivity index is 0.000000532. The predicted molar refractivity (Wildman–Crippen MR) is 142 cm³/mol. The van der Waals surface area contributed by atoms with Crippen LogP contribution < -0.4 is 15.1 Å². The summed E-state index contributed by atoms with van der Waals surface area (Å²) in [5, 5.41) is 19.7. The van der Waals surface area contributed by atoms with Gasteiger partial charge in [-0.1, -0.05) is 30.3 Å². The fourth-order valence-electron chi connectivity index (χ4n) is 4.10. The largest absolute Gasteiger partial charge is 0.490 e. The number of carboxylic acid groups (broad SMARTS) is 2. The number of carbonyl (C=O) groups excluding carboxylic acids is 1. The SMILES string of the molecule is Cc1ccc(C)c(N2CCN(c3ccc(NC(=O)c4ccccc4)cc3C(=O)O)CC2)c1.O=C(O)C(F)(F)F. The van der Waals surface area contributed by atoms with Gasteiger partial charge in [-0.05, 0) is 61.4 Å². The number of alkyl halides is 3. The van der Waals surface area contributed by atoms with Gasteiger partial charge in [0.15, 0.2) is 0 Å². The minimum atomic E-state index is -5.08. The third-order valence-corrected chi connectivity index (χ3v) is 6.09. The maximum atomic E-state index is 12.4. The lowest BCUT2D eigenvalue weighted by Gasteiger charge is -2.38. The lowest BCUT2D eigenvalue weighted by molar-refractivity contribution is -0.192. The Labute approximate surface area is 223 Å². The van der Waals surface area contributed by atoms with E-state index in [9.17, 15) is 27.9 Å². The van der Waals surface area contributed by atoms with Gasteiger partial charge < -0.3 is 25.3 Å². The Kier molecular flexibility index (Phi) is 9.18.